The molecule has 1 atom stereocenters. The second-order valence-corrected chi connectivity index (χ2v) is 5.31. The van der Waals surface area contributed by atoms with Crippen molar-refractivity contribution < 1.29 is 23.8 Å². The molecule has 0 amide bonds. The van der Waals surface area contributed by atoms with Gasteiger partial charge in [-0.25, -0.2) is 9.78 Å². The first-order valence-corrected chi connectivity index (χ1v) is 7.54. The van der Waals surface area contributed by atoms with Gasteiger partial charge in [0.1, 0.15) is 6.04 Å². The van der Waals surface area contributed by atoms with Crippen molar-refractivity contribution in [3.8, 4) is 0 Å². The Kier molecular flexibility index (Phi) is 5.66. The van der Waals surface area contributed by atoms with Gasteiger partial charge in [-0.05, 0) is 6.92 Å². The molecule has 1 saturated heterocycles. The normalized spacial score (nSPS) is 19.2. The maximum absolute atomic E-state index is 11.7. The average Bonchev–Trinajstić information content (AvgIpc) is 2.96. The fourth-order valence-electron chi connectivity index (χ4n) is 2.05. The van der Waals surface area contributed by atoms with Crippen LogP contribution in [0.4, 0.5) is 0 Å². The molecule has 0 radical (unpaired) electrons. The van der Waals surface area contributed by atoms with Gasteiger partial charge in [-0.3, -0.25) is 9.69 Å². The molecule has 1 aliphatic heterocycles. The monoisotopic (exact) mass is 314 g/mol. The number of esters is 2. The van der Waals surface area contributed by atoms with E-state index in [2.05, 4.69) is 4.98 Å². The van der Waals surface area contributed by atoms with E-state index >= 15 is 0 Å². The van der Waals surface area contributed by atoms with Crippen molar-refractivity contribution in [2.75, 3.05) is 33.5 Å². The molecule has 0 bridgehead atoms. The van der Waals surface area contributed by atoms with Crippen molar-refractivity contribution in [3.63, 3.8) is 0 Å². The smallest absolute Gasteiger partial charge is 0.367 e. The number of thiazole rings is 1. The molecule has 1 aromatic rings. The number of ether oxygens (including phenoxy) is 3. The third-order valence-electron chi connectivity index (χ3n) is 3.08. The van der Waals surface area contributed by atoms with Crippen molar-refractivity contribution >= 4 is 23.3 Å². The molecule has 8 heteroatoms. The largest absolute Gasteiger partial charge is 0.468 e. The molecular formula is C13H18N2O5S. The summed E-state index contributed by atoms with van der Waals surface area (Å²) < 4.78 is 15.0. The Bertz CT molecular complexity index is 505. The van der Waals surface area contributed by atoms with Gasteiger partial charge in [-0.1, -0.05) is 0 Å². The topological polar surface area (TPSA) is 78.0 Å². The lowest BCUT2D eigenvalue weighted by Crippen LogP contribution is -2.49. The van der Waals surface area contributed by atoms with E-state index in [4.69, 9.17) is 14.2 Å². The third-order valence-corrected chi connectivity index (χ3v) is 3.95. The van der Waals surface area contributed by atoms with Gasteiger partial charge in [-0.2, -0.15) is 0 Å². The standard InChI is InChI=1S/C13H18N2O5S/c1-3-20-13(17)11-14-9(8-21-11)6-15-4-5-19-7-10(15)12(16)18-2/h8,10H,3-7H2,1-2H3. The minimum atomic E-state index is -0.434. The quantitative estimate of drug-likeness (QED) is 0.740. The molecule has 0 aromatic carbocycles. The Balaban J connectivity index is 2.02. The van der Waals surface area contributed by atoms with Crippen molar-refractivity contribution in [2.24, 2.45) is 0 Å². The molecule has 21 heavy (non-hydrogen) atoms. The lowest BCUT2D eigenvalue weighted by molar-refractivity contribution is -0.153. The molecule has 2 heterocycles. The van der Waals surface area contributed by atoms with Crippen LogP contribution in [0, 0.1) is 0 Å². The van der Waals surface area contributed by atoms with E-state index in [9.17, 15) is 9.59 Å². The minimum absolute atomic E-state index is 0.307. The Hall–Kier alpha value is -1.51. The second-order valence-electron chi connectivity index (χ2n) is 4.45. The van der Waals surface area contributed by atoms with E-state index in [1.54, 1.807) is 12.3 Å². The summed E-state index contributed by atoms with van der Waals surface area (Å²) in [4.78, 5) is 29.5. The summed E-state index contributed by atoms with van der Waals surface area (Å²) in [6, 6.07) is -0.434. The molecule has 1 fully saturated rings. The molecule has 0 aliphatic carbocycles. The fourth-order valence-corrected chi connectivity index (χ4v) is 2.75. The first kappa shape index (κ1) is 15.9. The van der Waals surface area contributed by atoms with Gasteiger partial charge in [-0.15, -0.1) is 11.3 Å². The number of carbonyl (C=O) groups is 2. The summed E-state index contributed by atoms with van der Waals surface area (Å²) in [6.07, 6.45) is 0. The molecule has 1 aromatic heterocycles. The number of hydrogen-bond acceptors (Lipinski definition) is 8. The van der Waals surface area contributed by atoms with Crippen molar-refractivity contribution in [3.05, 3.63) is 16.1 Å². The first-order valence-electron chi connectivity index (χ1n) is 6.66. The zero-order valence-corrected chi connectivity index (χ0v) is 12.9. The van der Waals surface area contributed by atoms with Gasteiger partial charge in [0.2, 0.25) is 5.01 Å². The van der Waals surface area contributed by atoms with Crippen LogP contribution in [-0.4, -0.2) is 61.3 Å². The lowest BCUT2D eigenvalue weighted by Gasteiger charge is -2.32. The number of nitrogens with zero attached hydrogens (tertiary/aromatic N) is 2. The van der Waals surface area contributed by atoms with E-state index in [0.717, 1.165) is 5.69 Å². The van der Waals surface area contributed by atoms with Gasteiger partial charge < -0.3 is 14.2 Å². The number of carbonyl (C=O) groups excluding carboxylic acids is 2. The number of hydrogen-bond donors (Lipinski definition) is 0. The highest BCUT2D eigenvalue weighted by atomic mass is 32.1. The van der Waals surface area contributed by atoms with Crippen LogP contribution in [-0.2, 0) is 25.5 Å². The average molecular weight is 314 g/mol. The predicted molar refractivity (Wildman–Crippen MR) is 75.1 cm³/mol. The SMILES string of the molecule is CCOC(=O)c1nc(CN2CCOCC2C(=O)OC)cs1. The van der Waals surface area contributed by atoms with Crippen LogP contribution < -0.4 is 0 Å². The molecule has 2 rings (SSSR count). The zero-order chi connectivity index (χ0) is 15.2. The van der Waals surface area contributed by atoms with E-state index in [0.29, 0.717) is 37.9 Å². The molecule has 7 nitrogen and oxygen atoms in total. The van der Waals surface area contributed by atoms with Crippen LogP contribution in [0.25, 0.3) is 0 Å². The Morgan fingerprint density at radius 1 is 1.57 bits per heavy atom. The number of aromatic nitrogens is 1. The van der Waals surface area contributed by atoms with Gasteiger partial charge in [0.05, 0.1) is 32.6 Å². The lowest BCUT2D eigenvalue weighted by atomic mass is 10.2. The Morgan fingerprint density at radius 3 is 3.10 bits per heavy atom. The highest BCUT2D eigenvalue weighted by Gasteiger charge is 2.30. The van der Waals surface area contributed by atoms with Crippen LogP contribution in [0.5, 0.6) is 0 Å². The summed E-state index contributed by atoms with van der Waals surface area (Å²) in [5.41, 5.74) is 0.735. The summed E-state index contributed by atoms with van der Waals surface area (Å²) in [5, 5.41) is 2.13. The molecular weight excluding hydrogens is 296 g/mol. The van der Waals surface area contributed by atoms with Crippen molar-refractivity contribution in [1.82, 2.24) is 9.88 Å². The Morgan fingerprint density at radius 2 is 2.38 bits per heavy atom. The third kappa shape index (κ3) is 3.99. The predicted octanol–water partition coefficient (Wildman–Crippen LogP) is 0.694. The van der Waals surface area contributed by atoms with Crippen molar-refractivity contribution in [1.29, 1.82) is 0 Å². The highest BCUT2D eigenvalue weighted by molar-refractivity contribution is 7.11. The molecule has 116 valence electrons. The summed E-state index contributed by atoms with van der Waals surface area (Å²) in [7, 11) is 1.36. The second kappa shape index (κ2) is 7.48. The first-order chi connectivity index (χ1) is 10.2. The maximum Gasteiger partial charge on any atom is 0.367 e. The van der Waals surface area contributed by atoms with Crippen LogP contribution in [0.2, 0.25) is 0 Å². The van der Waals surface area contributed by atoms with Gasteiger partial charge in [0, 0.05) is 18.5 Å². The van der Waals surface area contributed by atoms with Crippen LogP contribution >= 0.6 is 11.3 Å². The molecule has 0 saturated carbocycles. The van der Waals surface area contributed by atoms with E-state index in [1.807, 2.05) is 4.90 Å². The zero-order valence-electron chi connectivity index (χ0n) is 12.0. The van der Waals surface area contributed by atoms with E-state index in [1.165, 1.54) is 18.4 Å². The number of methoxy groups -OCH3 is 1. The van der Waals surface area contributed by atoms with Crippen LogP contribution in [0.15, 0.2) is 5.38 Å². The molecule has 1 unspecified atom stereocenters. The molecule has 0 N–H and O–H groups in total. The highest BCUT2D eigenvalue weighted by Crippen LogP contribution is 2.16. The van der Waals surface area contributed by atoms with Crippen LogP contribution in [0.1, 0.15) is 22.4 Å². The fraction of sp³-hybridized carbons (Fsp3) is 0.615. The summed E-state index contributed by atoms with van der Waals surface area (Å²) in [6.45, 7) is 4.03. The van der Waals surface area contributed by atoms with Gasteiger partial charge >= 0.3 is 11.9 Å². The Labute approximate surface area is 126 Å². The van der Waals surface area contributed by atoms with Crippen molar-refractivity contribution in [2.45, 2.75) is 19.5 Å². The molecule has 0 spiro atoms. The summed E-state index contributed by atoms with van der Waals surface area (Å²) in [5.74, 6) is -0.740. The van der Waals surface area contributed by atoms with Gasteiger partial charge in [0.15, 0.2) is 0 Å². The van der Waals surface area contributed by atoms with E-state index < -0.39 is 12.0 Å². The summed E-state index contributed by atoms with van der Waals surface area (Å²) >= 11 is 1.24. The minimum Gasteiger partial charge on any atom is -0.468 e. The number of morpholine rings is 1. The van der Waals surface area contributed by atoms with Gasteiger partial charge in [0.25, 0.3) is 0 Å². The molecule has 1 aliphatic rings. The maximum atomic E-state index is 11.7. The van der Waals surface area contributed by atoms with Crippen LogP contribution in [0.3, 0.4) is 0 Å². The number of rotatable bonds is 5. The van der Waals surface area contributed by atoms with E-state index in [-0.39, 0.29) is 5.97 Å².